The Hall–Kier alpha value is -4.24. The Balaban J connectivity index is 1.61. The molecule has 1 aromatic heterocycles. The summed E-state index contributed by atoms with van der Waals surface area (Å²) < 4.78 is 28.5. The molecular formula is C24H18F2N4O3. The molecule has 7 nitrogen and oxygen atoms in total. The van der Waals surface area contributed by atoms with Gasteiger partial charge in [-0.1, -0.05) is 12.1 Å². The molecule has 0 saturated heterocycles. The second kappa shape index (κ2) is 9.49. The molecule has 0 atom stereocenters. The Morgan fingerprint density at radius 3 is 2.55 bits per heavy atom. The smallest absolute Gasteiger partial charge is 0.255 e. The molecule has 3 aromatic carbocycles. The van der Waals surface area contributed by atoms with E-state index in [0.717, 1.165) is 6.07 Å². The van der Waals surface area contributed by atoms with Crippen LogP contribution in [0.4, 0.5) is 20.3 Å². The first-order valence-corrected chi connectivity index (χ1v) is 9.98. The Labute approximate surface area is 187 Å². The summed E-state index contributed by atoms with van der Waals surface area (Å²) in [6.45, 7) is 0.210. The molecule has 0 radical (unpaired) electrons. The first-order valence-electron chi connectivity index (χ1n) is 9.98. The Kier molecular flexibility index (Phi) is 6.32. The number of aromatic nitrogens is 2. The van der Waals surface area contributed by atoms with Crippen LogP contribution in [-0.4, -0.2) is 39.9 Å². The number of fused-ring (bicyclic) bond motifs is 1. The minimum atomic E-state index is -0.906. The molecule has 4 rings (SSSR count). The maximum atomic E-state index is 15.1. The number of aliphatic hydroxyl groups is 1. The number of hydrogen-bond donors (Lipinski definition) is 3. The van der Waals surface area contributed by atoms with Gasteiger partial charge in [-0.3, -0.25) is 14.6 Å². The van der Waals surface area contributed by atoms with Crippen LogP contribution in [0, 0.1) is 11.6 Å². The van der Waals surface area contributed by atoms with Gasteiger partial charge in [-0.05, 0) is 48.5 Å². The third kappa shape index (κ3) is 4.83. The van der Waals surface area contributed by atoms with Gasteiger partial charge in [-0.25, -0.2) is 13.8 Å². The number of amides is 1. The van der Waals surface area contributed by atoms with E-state index in [4.69, 9.17) is 5.11 Å². The number of halogens is 2. The molecule has 3 N–H and O–H groups in total. The second-order valence-corrected chi connectivity index (χ2v) is 7.07. The zero-order valence-electron chi connectivity index (χ0n) is 17.2. The van der Waals surface area contributed by atoms with Gasteiger partial charge in [-0.2, -0.15) is 0 Å². The average Bonchev–Trinajstić information content (AvgIpc) is 2.83. The van der Waals surface area contributed by atoms with Crippen LogP contribution in [0.3, 0.4) is 0 Å². The number of ketones is 1. The topological polar surface area (TPSA) is 104 Å². The number of anilines is 2. The van der Waals surface area contributed by atoms with E-state index in [2.05, 4.69) is 20.6 Å². The van der Waals surface area contributed by atoms with Crippen molar-refractivity contribution in [3.63, 3.8) is 0 Å². The van der Waals surface area contributed by atoms with E-state index in [1.165, 1.54) is 54.7 Å². The van der Waals surface area contributed by atoms with E-state index in [0.29, 0.717) is 16.9 Å². The molecule has 166 valence electrons. The van der Waals surface area contributed by atoms with E-state index in [1.54, 1.807) is 6.07 Å². The number of rotatable bonds is 7. The molecule has 0 fully saturated rings. The summed E-state index contributed by atoms with van der Waals surface area (Å²) >= 11 is 0. The number of nitrogens with zero attached hydrogens (tertiary/aromatic N) is 2. The van der Waals surface area contributed by atoms with Crippen molar-refractivity contribution >= 4 is 34.2 Å². The highest BCUT2D eigenvalue weighted by molar-refractivity contribution is 6.11. The predicted octanol–water partition coefficient (Wildman–Crippen LogP) is 3.80. The lowest BCUT2D eigenvalue weighted by Gasteiger charge is -2.10. The van der Waals surface area contributed by atoms with Crippen LogP contribution in [0.2, 0.25) is 0 Å². The summed E-state index contributed by atoms with van der Waals surface area (Å²) in [4.78, 5) is 34.0. The lowest BCUT2D eigenvalue weighted by atomic mass is 10.0. The lowest BCUT2D eigenvalue weighted by molar-refractivity contribution is 0.101. The Morgan fingerprint density at radius 1 is 0.939 bits per heavy atom. The largest absolute Gasteiger partial charge is 0.395 e. The maximum Gasteiger partial charge on any atom is 0.255 e. The molecule has 0 saturated carbocycles. The number of hydrogen-bond acceptors (Lipinski definition) is 6. The van der Waals surface area contributed by atoms with Crippen LogP contribution in [-0.2, 0) is 0 Å². The van der Waals surface area contributed by atoms with Crippen molar-refractivity contribution in [2.24, 2.45) is 0 Å². The summed E-state index contributed by atoms with van der Waals surface area (Å²) in [5.41, 5.74) is 0.714. The fourth-order valence-corrected chi connectivity index (χ4v) is 3.21. The lowest BCUT2D eigenvalue weighted by Crippen LogP contribution is -2.15. The fraction of sp³-hybridized carbons (Fsp3) is 0.0833. The average molecular weight is 448 g/mol. The minimum absolute atomic E-state index is 0.0184. The molecule has 0 unspecified atom stereocenters. The van der Waals surface area contributed by atoms with Gasteiger partial charge in [0.15, 0.2) is 11.6 Å². The fourth-order valence-electron chi connectivity index (χ4n) is 3.21. The van der Waals surface area contributed by atoms with E-state index in [1.807, 2.05) is 0 Å². The van der Waals surface area contributed by atoms with Crippen molar-refractivity contribution in [2.45, 2.75) is 0 Å². The number of carbonyl (C=O) groups is 2. The summed E-state index contributed by atoms with van der Waals surface area (Å²) in [6, 6.07) is 13.6. The summed E-state index contributed by atoms with van der Waals surface area (Å²) in [6.07, 6.45) is 1.50. The molecule has 0 bridgehead atoms. The molecule has 9 heteroatoms. The molecule has 0 aliphatic carbocycles. The van der Waals surface area contributed by atoms with Gasteiger partial charge in [0.05, 0.1) is 35.1 Å². The molecule has 1 heterocycles. The molecule has 4 aromatic rings. The van der Waals surface area contributed by atoms with Gasteiger partial charge in [0, 0.05) is 17.7 Å². The van der Waals surface area contributed by atoms with Crippen LogP contribution in [0.25, 0.3) is 11.0 Å². The van der Waals surface area contributed by atoms with Crippen LogP contribution >= 0.6 is 0 Å². The van der Waals surface area contributed by atoms with Crippen LogP contribution in [0.15, 0.2) is 66.9 Å². The minimum Gasteiger partial charge on any atom is -0.395 e. The van der Waals surface area contributed by atoms with Gasteiger partial charge < -0.3 is 15.7 Å². The van der Waals surface area contributed by atoms with Gasteiger partial charge in [-0.15, -0.1) is 0 Å². The number of carbonyl (C=O) groups excluding carboxylic acids is 2. The van der Waals surface area contributed by atoms with E-state index in [-0.39, 0.29) is 35.5 Å². The quantitative estimate of drug-likeness (QED) is 0.372. The van der Waals surface area contributed by atoms with Gasteiger partial charge in [0.25, 0.3) is 5.91 Å². The zero-order chi connectivity index (χ0) is 23.4. The third-order valence-electron chi connectivity index (χ3n) is 4.80. The molecule has 0 spiro atoms. The van der Waals surface area contributed by atoms with E-state index < -0.39 is 23.3 Å². The summed E-state index contributed by atoms with van der Waals surface area (Å²) in [5, 5.41) is 14.2. The monoisotopic (exact) mass is 448 g/mol. The maximum absolute atomic E-state index is 15.1. The highest BCUT2D eigenvalue weighted by atomic mass is 19.1. The summed E-state index contributed by atoms with van der Waals surface area (Å²) in [7, 11) is 0. The number of aliphatic hydroxyl groups excluding tert-OH is 1. The van der Waals surface area contributed by atoms with Gasteiger partial charge >= 0.3 is 0 Å². The third-order valence-corrected chi connectivity index (χ3v) is 4.80. The first-order chi connectivity index (χ1) is 16.0. The van der Waals surface area contributed by atoms with Crippen LogP contribution in [0.5, 0.6) is 0 Å². The SMILES string of the molecule is O=C(Nc1cccc(C(=O)c2ccc3ncc(NCCO)nc3c2)c1F)c1cccc(F)c1. The van der Waals surface area contributed by atoms with Gasteiger partial charge in [0.1, 0.15) is 11.6 Å². The predicted molar refractivity (Wildman–Crippen MR) is 119 cm³/mol. The highest BCUT2D eigenvalue weighted by Crippen LogP contribution is 2.23. The van der Waals surface area contributed by atoms with Crippen molar-refractivity contribution < 1.29 is 23.5 Å². The molecule has 0 aliphatic rings. The zero-order valence-corrected chi connectivity index (χ0v) is 17.2. The van der Waals surface area contributed by atoms with Crippen LogP contribution in [0.1, 0.15) is 26.3 Å². The molecule has 33 heavy (non-hydrogen) atoms. The first kappa shape index (κ1) is 22.0. The van der Waals surface area contributed by atoms with Crippen molar-refractivity contribution in [1.29, 1.82) is 0 Å². The van der Waals surface area contributed by atoms with Crippen molar-refractivity contribution in [1.82, 2.24) is 9.97 Å². The number of benzene rings is 3. The normalized spacial score (nSPS) is 10.8. The van der Waals surface area contributed by atoms with Crippen molar-refractivity contribution in [2.75, 3.05) is 23.8 Å². The Morgan fingerprint density at radius 2 is 1.76 bits per heavy atom. The molecular weight excluding hydrogens is 430 g/mol. The number of nitrogens with one attached hydrogen (secondary N) is 2. The highest BCUT2D eigenvalue weighted by Gasteiger charge is 2.19. The van der Waals surface area contributed by atoms with Crippen molar-refractivity contribution in [3.05, 3.63) is 95.2 Å². The van der Waals surface area contributed by atoms with Crippen LogP contribution < -0.4 is 10.6 Å². The van der Waals surface area contributed by atoms with E-state index >= 15 is 4.39 Å². The second-order valence-electron chi connectivity index (χ2n) is 7.07. The van der Waals surface area contributed by atoms with Gasteiger partial charge in [0.2, 0.25) is 0 Å². The van der Waals surface area contributed by atoms with E-state index in [9.17, 15) is 14.0 Å². The summed E-state index contributed by atoms with van der Waals surface area (Å²) in [5.74, 6) is -2.39. The molecule has 1 amide bonds. The Bertz CT molecular complexity index is 1360. The standard InChI is InChI=1S/C24H18F2N4O3/c25-16-4-1-3-15(11-16)24(33)30-19-6-2-5-17(22(19)26)23(32)14-7-8-18-20(12-14)29-21(13-28-18)27-9-10-31/h1-8,11-13,31H,9-10H2,(H,27,29)(H,30,33). The van der Waals surface area contributed by atoms with Crippen molar-refractivity contribution in [3.8, 4) is 0 Å². The molecule has 0 aliphatic heterocycles.